The second-order valence-electron chi connectivity index (χ2n) is 10.6. The van der Waals surface area contributed by atoms with Gasteiger partial charge in [-0.2, -0.15) is 4.98 Å². The Morgan fingerprint density at radius 2 is 1.20 bits per heavy atom. The molecule has 0 saturated carbocycles. The van der Waals surface area contributed by atoms with E-state index in [9.17, 15) is 0 Å². The maximum atomic E-state index is 4.97. The fourth-order valence-electron chi connectivity index (χ4n) is 6.86. The van der Waals surface area contributed by atoms with Crippen molar-refractivity contribution >= 4 is 81.7 Å². The molecule has 0 N–H and O–H groups in total. The first kappa shape index (κ1) is 20.4. The van der Waals surface area contributed by atoms with Crippen LogP contribution in [0.25, 0.3) is 87.7 Å². The van der Waals surface area contributed by atoms with Gasteiger partial charge in [0.15, 0.2) is 5.65 Å². The summed E-state index contributed by atoms with van der Waals surface area (Å²) in [4.78, 5) is 14.4. The van der Waals surface area contributed by atoms with Gasteiger partial charge in [-0.3, -0.25) is 4.57 Å². The van der Waals surface area contributed by atoms with Crippen LogP contribution in [0.5, 0.6) is 0 Å². The highest BCUT2D eigenvalue weighted by Crippen LogP contribution is 2.46. The third-order valence-electron chi connectivity index (χ3n) is 8.51. The minimum Gasteiger partial charge on any atom is -0.308 e. The van der Waals surface area contributed by atoms with Crippen LogP contribution in [0.15, 0.2) is 116 Å². The molecule has 0 amide bonds. The van der Waals surface area contributed by atoms with Crippen molar-refractivity contribution in [3.8, 4) is 5.95 Å². The minimum absolute atomic E-state index is 0.630. The van der Waals surface area contributed by atoms with Gasteiger partial charge in [-0.25, -0.2) is 9.97 Å². The molecule has 0 radical (unpaired) electrons. The molecule has 10 aromatic rings. The summed E-state index contributed by atoms with van der Waals surface area (Å²) in [5.74, 6) is 0.630. The standard InChI is InChI=1S/C35H19N5/c1-2-9-21-17-30-27(16-20(21)8-1)31-32-25(23-11-3-5-13-28(23)39(30)32)18-26-24-12-4-6-14-29(24)40(33(26)31)35-37-19-22-10-7-15-36-34(22)38-35/h1-19H. The zero-order chi connectivity index (χ0) is 25.9. The van der Waals surface area contributed by atoms with Gasteiger partial charge >= 0.3 is 0 Å². The topological polar surface area (TPSA) is 48.0 Å². The van der Waals surface area contributed by atoms with E-state index in [0.717, 1.165) is 16.4 Å². The fraction of sp³-hybridized carbons (Fsp3) is 0. The van der Waals surface area contributed by atoms with Crippen molar-refractivity contribution in [2.75, 3.05) is 0 Å². The number of benzene rings is 5. The number of rotatable bonds is 1. The van der Waals surface area contributed by atoms with Crippen molar-refractivity contribution in [1.29, 1.82) is 0 Å². The molecule has 10 rings (SSSR count). The van der Waals surface area contributed by atoms with E-state index in [-0.39, 0.29) is 0 Å². The molecular formula is C35H19N5. The molecule has 0 unspecified atom stereocenters. The maximum Gasteiger partial charge on any atom is 0.236 e. The molecule has 0 aliphatic heterocycles. The molecule has 5 heteroatoms. The second-order valence-corrected chi connectivity index (χ2v) is 10.6. The van der Waals surface area contributed by atoms with Crippen LogP contribution in [0, 0.1) is 0 Å². The Morgan fingerprint density at radius 1 is 0.500 bits per heavy atom. The lowest BCUT2D eigenvalue weighted by Crippen LogP contribution is -2.01. The Morgan fingerprint density at radius 3 is 2.08 bits per heavy atom. The number of aromatic nitrogens is 5. The van der Waals surface area contributed by atoms with Crippen LogP contribution in [0.4, 0.5) is 0 Å². The predicted octanol–water partition coefficient (Wildman–Crippen LogP) is 8.43. The van der Waals surface area contributed by atoms with E-state index in [0.29, 0.717) is 11.6 Å². The number of hydrogen-bond acceptors (Lipinski definition) is 3. The molecular weight excluding hydrogens is 490 g/mol. The van der Waals surface area contributed by atoms with Gasteiger partial charge in [0.1, 0.15) is 0 Å². The Hall–Kier alpha value is -5.55. The van der Waals surface area contributed by atoms with Gasteiger partial charge in [0, 0.05) is 50.1 Å². The third-order valence-corrected chi connectivity index (χ3v) is 8.51. The maximum absolute atomic E-state index is 4.97. The molecule has 5 aromatic heterocycles. The fourth-order valence-corrected chi connectivity index (χ4v) is 6.86. The van der Waals surface area contributed by atoms with Gasteiger partial charge in [-0.15, -0.1) is 0 Å². The summed E-state index contributed by atoms with van der Waals surface area (Å²) in [5.41, 5.74) is 6.58. The normalized spacial score (nSPS) is 12.5. The summed E-state index contributed by atoms with van der Waals surface area (Å²) in [6, 6.07) is 36.9. The molecule has 0 saturated heterocycles. The lowest BCUT2D eigenvalue weighted by Gasteiger charge is -2.08. The Labute approximate surface area is 226 Å². The summed E-state index contributed by atoms with van der Waals surface area (Å²) in [5, 5.41) is 10.8. The van der Waals surface area contributed by atoms with Crippen molar-refractivity contribution in [1.82, 2.24) is 23.9 Å². The van der Waals surface area contributed by atoms with Crippen LogP contribution >= 0.6 is 0 Å². The van der Waals surface area contributed by atoms with Crippen LogP contribution in [0.2, 0.25) is 0 Å². The SMILES string of the molecule is c1ccc2cc3c(cc2c1)c1c2c(cc4c5ccccc5n3c41)c1ccccc1n2-c1ncc2cccnc2n1. The van der Waals surface area contributed by atoms with E-state index in [1.807, 2.05) is 18.3 Å². The minimum atomic E-state index is 0.630. The van der Waals surface area contributed by atoms with Crippen molar-refractivity contribution in [3.63, 3.8) is 0 Å². The van der Waals surface area contributed by atoms with Crippen LogP contribution in [-0.2, 0) is 0 Å². The van der Waals surface area contributed by atoms with Crippen molar-refractivity contribution in [3.05, 3.63) is 116 Å². The molecule has 5 aromatic carbocycles. The highest BCUT2D eigenvalue weighted by Gasteiger charge is 2.25. The van der Waals surface area contributed by atoms with E-state index >= 15 is 0 Å². The highest BCUT2D eigenvalue weighted by molar-refractivity contribution is 6.34. The van der Waals surface area contributed by atoms with Crippen molar-refractivity contribution < 1.29 is 0 Å². The monoisotopic (exact) mass is 509 g/mol. The first-order valence-corrected chi connectivity index (χ1v) is 13.5. The summed E-state index contributed by atoms with van der Waals surface area (Å²) in [6.07, 6.45) is 3.66. The van der Waals surface area contributed by atoms with Crippen molar-refractivity contribution in [2.45, 2.75) is 0 Å². The van der Waals surface area contributed by atoms with Crippen molar-refractivity contribution in [2.24, 2.45) is 0 Å². The third kappa shape index (κ3) is 2.41. The Kier molecular flexibility index (Phi) is 3.62. The lowest BCUT2D eigenvalue weighted by molar-refractivity contribution is 1.00. The van der Waals surface area contributed by atoms with Gasteiger partial charge in [-0.1, -0.05) is 60.7 Å². The zero-order valence-corrected chi connectivity index (χ0v) is 21.2. The predicted molar refractivity (Wildman–Crippen MR) is 164 cm³/mol. The van der Waals surface area contributed by atoms with Crippen LogP contribution < -0.4 is 0 Å². The zero-order valence-electron chi connectivity index (χ0n) is 21.2. The van der Waals surface area contributed by atoms with Gasteiger partial charge in [-0.05, 0) is 53.2 Å². The summed E-state index contributed by atoms with van der Waals surface area (Å²) >= 11 is 0. The van der Waals surface area contributed by atoms with Gasteiger partial charge < -0.3 is 4.40 Å². The largest absolute Gasteiger partial charge is 0.308 e. The Balaban J connectivity index is 1.53. The quantitative estimate of drug-likeness (QED) is 0.223. The number of hydrogen-bond donors (Lipinski definition) is 0. The molecule has 5 heterocycles. The van der Waals surface area contributed by atoms with Crippen LogP contribution in [-0.4, -0.2) is 23.9 Å². The number of nitrogens with zero attached hydrogens (tertiary/aromatic N) is 5. The highest BCUT2D eigenvalue weighted by atomic mass is 15.2. The summed E-state index contributed by atoms with van der Waals surface area (Å²) in [6.45, 7) is 0. The average Bonchev–Trinajstić information content (AvgIpc) is 3.64. The smallest absolute Gasteiger partial charge is 0.236 e. The summed E-state index contributed by atoms with van der Waals surface area (Å²) < 4.78 is 4.69. The second kappa shape index (κ2) is 7.10. The number of fused-ring (bicyclic) bond motifs is 12. The van der Waals surface area contributed by atoms with Gasteiger partial charge in [0.05, 0.1) is 27.6 Å². The van der Waals surface area contributed by atoms with Gasteiger partial charge in [0.25, 0.3) is 0 Å². The van der Waals surface area contributed by atoms with E-state index < -0.39 is 0 Å². The Bertz CT molecular complexity index is 2660. The first-order valence-electron chi connectivity index (χ1n) is 13.5. The average molecular weight is 510 g/mol. The molecule has 184 valence electrons. The molecule has 0 atom stereocenters. The molecule has 0 spiro atoms. The molecule has 0 aliphatic rings. The van der Waals surface area contributed by atoms with E-state index in [4.69, 9.17) is 9.97 Å². The molecule has 0 fully saturated rings. The molecule has 40 heavy (non-hydrogen) atoms. The molecule has 0 bridgehead atoms. The van der Waals surface area contributed by atoms with E-state index in [1.54, 1.807) is 6.20 Å². The first-order chi connectivity index (χ1) is 19.8. The molecule has 0 aliphatic carbocycles. The lowest BCUT2D eigenvalue weighted by atomic mass is 10.0. The summed E-state index contributed by atoms with van der Waals surface area (Å²) in [7, 11) is 0. The van der Waals surface area contributed by atoms with E-state index in [2.05, 4.69) is 105 Å². The van der Waals surface area contributed by atoms with Crippen LogP contribution in [0.1, 0.15) is 0 Å². The number of para-hydroxylation sites is 2. The van der Waals surface area contributed by atoms with E-state index in [1.165, 1.54) is 59.6 Å². The molecule has 5 nitrogen and oxygen atoms in total. The van der Waals surface area contributed by atoms with Crippen LogP contribution in [0.3, 0.4) is 0 Å². The van der Waals surface area contributed by atoms with Gasteiger partial charge in [0.2, 0.25) is 5.95 Å². The number of pyridine rings is 1.